The molecule has 4 heteroatoms. The summed E-state index contributed by atoms with van der Waals surface area (Å²) in [5, 5.41) is 3.21. The number of nitrogens with two attached hydrogens (primary N) is 1. The highest BCUT2D eigenvalue weighted by Crippen LogP contribution is 2.35. The first-order valence-electron chi connectivity index (χ1n) is 7.32. The van der Waals surface area contributed by atoms with Crippen molar-refractivity contribution in [1.82, 2.24) is 5.32 Å². The Hall–Kier alpha value is -1.55. The molecule has 0 aliphatic heterocycles. The molecule has 0 saturated heterocycles. The lowest BCUT2D eigenvalue weighted by Crippen LogP contribution is -2.46. The monoisotopic (exact) mass is 275 g/mol. The first-order chi connectivity index (χ1) is 9.44. The highest BCUT2D eigenvalue weighted by Gasteiger charge is 2.33. The predicted octanol–water partition coefficient (Wildman–Crippen LogP) is 2.98. The van der Waals surface area contributed by atoms with Crippen molar-refractivity contribution in [3.8, 4) is 0 Å². The van der Waals surface area contributed by atoms with Crippen molar-refractivity contribution in [2.24, 2.45) is 11.3 Å². The van der Waals surface area contributed by atoms with Crippen LogP contribution in [0.25, 0.3) is 0 Å². The average molecular weight is 275 g/mol. The molecule has 1 aromatic carbocycles. The van der Waals surface area contributed by atoms with Crippen LogP contribution in [0.2, 0.25) is 0 Å². The summed E-state index contributed by atoms with van der Waals surface area (Å²) < 4.78 is 0. The number of nitrogens with one attached hydrogen (secondary N) is 2. The zero-order valence-corrected chi connectivity index (χ0v) is 12.6. The summed E-state index contributed by atoms with van der Waals surface area (Å²) in [5.41, 5.74) is 5.26. The van der Waals surface area contributed by atoms with Gasteiger partial charge in [-0.05, 0) is 48.9 Å². The number of anilines is 1. The summed E-state index contributed by atoms with van der Waals surface area (Å²) in [4.78, 5) is 12.5. The van der Waals surface area contributed by atoms with E-state index in [4.69, 9.17) is 5.84 Å². The van der Waals surface area contributed by atoms with Crippen LogP contribution in [0.3, 0.4) is 0 Å². The zero-order valence-electron chi connectivity index (χ0n) is 12.6. The van der Waals surface area contributed by atoms with E-state index >= 15 is 0 Å². The Morgan fingerprint density at radius 1 is 1.35 bits per heavy atom. The lowest BCUT2D eigenvalue weighted by molar-refractivity contribution is 0.0853. The Balaban J connectivity index is 2.12. The van der Waals surface area contributed by atoms with E-state index in [1.165, 1.54) is 19.3 Å². The molecule has 20 heavy (non-hydrogen) atoms. The lowest BCUT2D eigenvalue weighted by atomic mass is 9.73. The van der Waals surface area contributed by atoms with E-state index in [2.05, 4.69) is 24.6 Å². The Labute approximate surface area is 121 Å². The fourth-order valence-electron chi connectivity index (χ4n) is 3.01. The number of carbonyl (C=O) groups excluding carboxylic acids is 1. The summed E-state index contributed by atoms with van der Waals surface area (Å²) >= 11 is 0. The van der Waals surface area contributed by atoms with Gasteiger partial charge in [0.05, 0.1) is 0 Å². The molecule has 110 valence electrons. The maximum atomic E-state index is 12.5. The van der Waals surface area contributed by atoms with E-state index in [0.29, 0.717) is 0 Å². The van der Waals surface area contributed by atoms with Crippen LogP contribution in [0.15, 0.2) is 18.2 Å². The van der Waals surface area contributed by atoms with Gasteiger partial charge in [-0.3, -0.25) is 10.6 Å². The minimum Gasteiger partial charge on any atom is -0.349 e. The molecular weight excluding hydrogens is 250 g/mol. The van der Waals surface area contributed by atoms with E-state index in [-0.39, 0.29) is 17.4 Å². The topological polar surface area (TPSA) is 67.1 Å². The maximum Gasteiger partial charge on any atom is 0.251 e. The Morgan fingerprint density at radius 3 is 2.70 bits per heavy atom. The number of carbonyl (C=O) groups is 1. The van der Waals surface area contributed by atoms with Gasteiger partial charge >= 0.3 is 0 Å². The minimum atomic E-state index is 0.0195. The van der Waals surface area contributed by atoms with Crippen molar-refractivity contribution in [3.63, 3.8) is 0 Å². The molecule has 1 aliphatic carbocycles. The molecule has 4 N–H and O–H groups in total. The molecule has 1 amide bonds. The molecule has 1 fully saturated rings. The fourth-order valence-corrected chi connectivity index (χ4v) is 3.01. The van der Waals surface area contributed by atoms with Crippen molar-refractivity contribution in [2.75, 3.05) is 5.43 Å². The molecule has 4 nitrogen and oxygen atoms in total. The number of hydrogen-bond donors (Lipinski definition) is 3. The van der Waals surface area contributed by atoms with Crippen LogP contribution in [0.4, 0.5) is 5.69 Å². The van der Waals surface area contributed by atoms with Gasteiger partial charge in [0.1, 0.15) is 0 Å². The highest BCUT2D eigenvalue weighted by atomic mass is 16.1. The van der Waals surface area contributed by atoms with Crippen molar-refractivity contribution < 1.29 is 4.79 Å². The van der Waals surface area contributed by atoms with Crippen molar-refractivity contribution >= 4 is 11.6 Å². The summed E-state index contributed by atoms with van der Waals surface area (Å²) in [6.07, 6.45) is 4.70. The smallest absolute Gasteiger partial charge is 0.251 e. The van der Waals surface area contributed by atoms with E-state index in [1.54, 1.807) is 0 Å². The van der Waals surface area contributed by atoms with Gasteiger partial charge in [-0.15, -0.1) is 0 Å². The van der Waals surface area contributed by atoms with Crippen molar-refractivity contribution in [3.05, 3.63) is 29.3 Å². The third kappa shape index (κ3) is 3.12. The quantitative estimate of drug-likeness (QED) is 0.587. The average Bonchev–Trinajstić information content (AvgIpc) is 2.40. The second kappa shape index (κ2) is 5.83. The van der Waals surface area contributed by atoms with E-state index in [0.717, 1.165) is 23.2 Å². The summed E-state index contributed by atoms with van der Waals surface area (Å²) in [6, 6.07) is 5.81. The van der Waals surface area contributed by atoms with Crippen molar-refractivity contribution in [1.29, 1.82) is 0 Å². The zero-order chi connectivity index (χ0) is 14.8. The molecule has 0 spiro atoms. The van der Waals surface area contributed by atoms with E-state index in [1.807, 2.05) is 25.1 Å². The molecule has 0 heterocycles. The lowest BCUT2D eigenvalue weighted by Gasteiger charge is -2.39. The first-order valence-corrected chi connectivity index (χ1v) is 7.32. The van der Waals surface area contributed by atoms with Crippen LogP contribution in [0, 0.1) is 12.3 Å². The second-order valence-corrected chi connectivity index (χ2v) is 6.43. The molecule has 1 saturated carbocycles. The van der Waals surface area contributed by atoms with E-state index < -0.39 is 0 Å². The molecule has 1 unspecified atom stereocenters. The second-order valence-electron chi connectivity index (χ2n) is 6.43. The highest BCUT2D eigenvalue weighted by molar-refractivity contribution is 5.96. The largest absolute Gasteiger partial charge is 0.349 e. The standard InChI is InChI=1S/C16H25N3O/c1-11-10-12(19-17)7-8-13(11)15(20)18-14-6-4-5-9-16(14,2)3/h7-8,10,14,19H,4-6,9,17H2,1-3H3,(H,18,20). The van der Waals surface area contributed by atoms with Gasteiger partial charge in [0.25, 0.3) is 5.91 Å². The summed E-state index contributed by atoms with van der Waals surface area (Å²) in [6.45, 7) is 6.42. The molecule has 0 radical (unpaired) electrons. The third-order valence-corrected chi connectivity index (χ3v) is 4.45. The van der Waals surface area contributed by atoms with Gasteiger partial charge < -0.3 is 10.7 Å². The number of rotatable bonds is 3. The maximum absolute atomic E-state index is 12.5. The number of benzene rings is 1. The van der Waals surface area contributed by atoms with Gasteiger partial charge in [-0.2, -0.15) is 0 Å². The van der Waals surface area contributed by atoms with Gasteiger partial charge in [-0.25, -0.2) is 0 Å². The Kier molecular flexibility index (Phi) is 4.33. The van der Waals surface area contributed by atoms with Crippen molar-refractivity contribution in [2.45, 2.75) is 52.5 Å². The van der Waals surface area contributed by atoms with Gasteiger partial charge in [0.2, 0.25) is 0 Å². The molecule has 1 aromatic rings. The van der Waals surface area contributed by atoms with Crippen LogP contribution >= 0.6 is 0 Å². The Morgan fingerprint density at radius 2 is 2.10 bits per heavy atom. The molecule has 1 aliphatic rings. The molecule has 0 aromatic heterocycles. The van der Waals surface area contributed by atoms with Crippen LogP contribution in [0.1, 0.15) is 55.5 Å². The van der Waals surface area contributed by atoms with E-state index in [9.17, 15) is 4.79 Å². The number of hydrogen-bond acceptors (Lipinski definition) is 3. The van der Waals surface area contributed by atoms with Crippen LogP contribution < -0.4 is 16.6 Å². The fraction of sp³-hybridized carbons (Fsp3) is 0.562. The van der Waals surface area contributed by atoms with Crippen LogP contribution in [-0.4, -0.2) is 11.9 Å². The first kappa shape index (κ1) is 14.9. The number of aryl methyl sites for hydroxylation is 1. The Bertz CT molecular complexity index is 496. The molecule has 2 rings (SSSR count). The number of nitrogen functional groups attached to an aromatic ring is 1. The van der Waals surface area contributed by atoms with Gasteiger partial charge in [-0.1, -0.05) is 26.7 Å². The number of hydrazine groups is 1. The SMILES string of the molecule is Cc1cc(NN)ccc1C(=O)NC1CCCCC1(C)C. The third-order valence-electron chi connectivity index (χ3n) is 4.45. The predicted molar refractivity (Wildman–Crippen MR) is 82.5 cm³/mol. The van der Waals surface area contributed by atoms with Crippen LogP contribution in [-0.2, 0) is 0 Å². The van der Waals surface area contributed by atoms with Gasteiger partial charge in [0.15, 0.2) is 0 Å². The summed E-state index contributed by atoms with van der Waals surface area (Å²) in [7, 11) is 0. The molecule has 1 atom stereocenters. The minimum absolute atomic E-state index is 0.0195. The van der Waals surface area contributed by atoms with Gasteiger partial charge in [0, 0.05) is 17.3 Å². The van der Waals surface area contributed by atoms with Crippen LogP contribution in [0.5, 0.6) is 0 Å². The molecular formula is C16H25N3O. The molecule has 0 bridgehead atoms. The number of amides is 1. The normalized spacial score (nSPS) is 21.3. The summed E-state index contributed by atoms with van der Waals surface area (Å²) in [5.74, 6) is 5.40.